The predicted molar refractivity (Wildman–Crippen MR) is 75.9 cm³/mol. The number of alkyl halides is 3. The van der Waals surface area contributed by atoms with Gasteiger partial charge in [-0.15, -0.1) is 0 Å². The number of anilines is 2. The first kappa shape index (κ1) is 16.0. The summed E-state index contributed by atoms with van der Waals surface area (Å²) in [6, 6.07) is 3.94. The Morgan fingerprint density at radius 3 is 2.59 bits per heavy atom. The van der Waals surface area contributed by atoms with Crippen molar-refractivity contribution in [2.45, 2.75) is 13.1 Å². The zero-order valence-corrected chi connectivity index (χ0v) is 12.0. The Kier molecular flexibility index (Phi) is 4.51. The number of benzene rings is 1. The van der Waals surface area contributed by atoms with Crippen molar-refractivity contribution < 1.29 is 18.0 Å². The first-order valence-corrected chi connectivity index (χ1v) is 6.38. The minimum atomic E-state index is -4.61. The number of halogens is 4. The third kappa shape index (κ3) is 4.08. The quantitative estimate of drug-likeness (QED) is 0.871. The van der Waals surface area contributed by atoms with Gasteiger partial charge < -0.3 is 5.32 Å². The van der Waals surface area contributed by atoms with Crippen LogP contribution < -0.4 is 10.6 Å². The highest BCUT2D eigenvalue weighted by Gasteiger charge is 2.33. The number of hydrogen-bond donors (Lipinski definition) is 2. The molecule has 0 radical (unpaired) electrons. The van der Waals surface area contributed by atoms with Gasteiger partial charge >= 0.3 is 12.2 Å². The predicted octanol–water partition coefficient (Wildman–Crippen LogP) is 4.10. The van der Waals surface area contributed by atoms with Gasteiger partial charge in [-0.3, -0.25) is 5.32 Å². The van der Waals surface area contributed by atoms with E-state index in [0.717, 1.165) is 12.1 Å². The van der Waals surface area contributed by atoms with Crippen LogP contribution in [0.15, 0.2) is 30.5 Å². The van der Waals surface area contributed by atoms with Crippen molar-refractivity contribution in [1.29, 1.82) is 0 Å². The van der Waals surface area contributed by atoms with Crippen molar-refractivity contribution >= 4 is 29.3 Å². The molecule has 1 aromatic heterocycles. The van der Waals surface area contributed by atoms with Crippen LogP contribution in [0.4, 0.5) is 29.6 Å². The number of carbonyl (C=O) groups is 1. The molecule has 116 valence electrons. The fourth-order valence-electron chi connectivity index (χ4n) is 1.59. The third-order valence-corrected chi connectivity index (χ3v) is 2.88. The molecule has 0 bridgehead atoms. The summed E-state index contributed by atoms with van der Waals surface area (Å²) < 4.78 is 38.2. The molecule has 9 heteroatoms. The summed E-state index contributed by atoms with van der Waals surface area (Å²) in [5.74, 6) is 0.0440. The van der Waals surface area contributed by atoms with Crippen molar-refractivity contribution in [2.75, 3.05) is 10.6 Å². The lowest BCUT2D eigenvalue weighted by atomic mass is 10.2. The summed E-state index contributed by atoms with van der Waals surface area (Å²) in [6.07, 6.45) is -3.16. The molecule has 0 aliphatic heterocycles. The van der Waals surface area contributed by atoms with E-state index in [1.807, 2.05) is 0 Å². The molecule has 0 spiro atoms. The van der Waals surface area contributed by atoms with Crippen LogP contribution in [0.1, 0.15) is 11.3 Å². The van der Waals surface area contributed by atoms with E-state index >= 15 is 0 Å². The third-order valence-electron chi connectivity index (χ3n) is 2.55. The zero-order valence-electron chi connectivity index (χ0n) is 11.2. The van der Waals surface area contributed by atoms with E-state index in [4.69, 9.17) is 11.6 Å². The van der Waals surface area contributed by atoms with Gasteiger partial charge in [-0.2, -0.15) is 13.2 Å². The number of amides is 2. The number of aromatic nitrogens is 2. The van der Waals surface area contributed by atoms with Crippen molar-refractivity contribution in [3.8, 4) is 0 Å². The molecule has 22 heavy (non-hydrogen) atoms. The topological polar surface area (TPSA) is 66.9 Å². The fourth-order valence-corrected chi connectivity index (χ4v) is 1.82. The molecular weight excluding hydrogens is 321 g/mol. The van der Waals surface area contributed by atoms with Crippen LogP contribution in [0.2, 0.25) is 5.02 Å². The van der Waals surface area contributed by atoms with Gasteiger partial charge in [0.2, 0.25) is 5.95 Å². The summed E-state index contributed by atoms with van der Waals surface area (Å²) in [6.45, 7) is 1.71. The average molecular weight is 331 g/mol. The molecule has 0 aliphatic rings. The molecule has 2 amide bonds. The van der Waals surface area contributed by atoms with Gasteiger partial charge in [-0.1, -0.05) is 11.6 Å². The van der Waals surface area contributed by atoms with Crippen molar-refractivity contribution in [1.82, 2.24) is 9.97 Å². The molecule has 1 heterocycles. The number of nitrogens with one attached hydrogen (secondary N) is 2. The average Bonchev–Trinajstić information content (AvgIpc) is 2.39. The van der Waals surface area contributed by atoms with Gasteiger partial charge in [0.1, 0.15) is 0 Å². The second-order valence-corrected chi connectivity index (χ2v) is 4.70. The first-order chi connectivity index (χ1) is 10.3. The van der Waals surface area contributed by atoms with Crippen LogP contribution in [0.5, 0.6) is 0 Å². The van der Waals surface area contributed by atoms with Gasteiger partial charge in [0.15, 0.2) is 0 Å². The van der Waals surface area contributed by atoms with Gasteiger partial charge in [-0.05, 0) is 31.2 Å². The van der Waals surface area contributed by atoms with Gasteiger partial charge in [0.05, 0.1) is 10.6 Å². The van der Waals surface area contributed by atoms with Crippen LogP contribution in [0.25, 0.3) is 0 Å². The van der Waals surface area contributed by atoms with Crippen LogP contribution >= 0.6 is 11.6 Å². The number of urea groups is 1. The summed E-state index contributed by atoms with van der Waals surface area (Å²) in [5.41, 5.74) is -0.447. The molecule has 0 atom stereocenters. The molecule has 0 unspecified atom stereocenters. The fraction of sp³-hybridized carbons (Fsp3) is 0.154. The van der Waals surface area contributed by atoms with Crippen LogP contribution in [0.3, 0.4) is 0 Å². The summed E-state index contributed by atoms with van der Waals surface area (Å²) in [7, 11) is 0. The van der Waals surface area contributed by atoms with E-state index in [1.165, 1.54) is 12.3 Å². The molecule has 2 rings (SSSR count). The molecule has 0 fully saturated rings. The molecule has 2 aromatic rings. The van der Waals surface area contributed by atoms with Gasteiger partial charge in [-0.25, -0.2) is 14.8 Å². The van der Waals surface area contributed by atoms with Crippen molar-refractivity contribution in [3.05, 3.63) is 46.7 Å². The standard InChI is InChI=1S/C13H10ClF3N4O/c1-7-4-5-18-11(19-7)21-12(22)20-8-2-3-10(14)9(6-8)13(15,16)17/h2-6H,1H3,(H2,18,19,20,21,22). The second kappa shape index (κ2) is 6.18. The molecule has 2 N–H and O–H groups in total. The Morgan fingerprint density at radius 1 is 1.23 bits per heavy atom. The van der Waals surface area contributed by atoms with Gasteiger partial charge in [0.25, 0.3) is 0 Å². The molecule has 0 saturated carbocycles. The minimum absolute atomic E-state index is 0.0440. The summed E-state index contributed by atoms with van der Waals surface area (Å²) >= 11 is 5.50. The molecule has 0 saturated heterocycles. The maximum atomic E-state index is 12.7. The summed E-state index contributed by atoms with van der Waals surface area (Å²) in [4.78, 5) is 19.5. The zero-order chi connectivity index (χ0) is 16.3. The van der Waals surface area contributed by atoms with Gasteiger partial charge in [0, 0.05) is 17.6 Å². The Hall–Kier alpha value is -2.35. The maximum absolute atomic E-state index is 12.7. The molecule has 5 nitrogen and oxygen atoms in total. The lowest BCUT2D eigenvalue weighted by Crippen LogP contribution is -2.21. The lowest BCUT2D eigenvalue weighted by molar-refractivity contribution is -0.137. The van der Waals surface area contributed by atoms with E-state index in [-0.39, 0.29) is 11.6 Å². The van der Waals surface area contributed by atoms with E-state index in [9.17, 15) is 18.0 Å². The largest absolute Gasteiger partial charge is 0.417 e. The highest BCUT2D eigenvalue weighted by atomic mass is 35.5. The van der Waals surface area contributed by atoms with E-state index in [2.05, 4.69) is 20.6 Å². The van der Waals surface area contributed by atoms with E-state index < -0.39 is 22.8 Å². The molecule has 0 aliphatic carbocycles. The van der Waals surface area contributed by atoms with Crippen LogP contribution in [0, 0.1) is 6.92 Å². The lowest BCUT2D eigenvalue weighted by Gasteiger charge is -2.12. The maximum Gasteiger partial charge on any atom is 0.417 e. The van der Waals surface area contributed by atoms with Crippen molar-refractivity contribution in [2.24, 2.45) is 0 Å². The number of nitrogens with zero attached hydrogens (tertiary/aromatic N) is 2. The highest BCUT2D eigenvalue weighted by Crippen LogP contribution is 2.36. The Balaban J connectivity index is 2.12. The number of hydrogen-bond acceptors (Lipinski definition) is 3. The van der Waals surface area contributed by atoms with E-state index in [0.29, 0.717) is 5.69 Å². The monoisotopic (exact) mass is 330 g/mol. The molecular formula is C13H10ClF3N4O. The smallest absolute Gasteiger partial charge is 0.308 e. The minimum Gasteiger partial charge on any atom is -0.308 e. The van der Waals surface area contributed by atoms with E-state index in [1.54, 1.807) is 13.0 Å². The van der Waals surface area contributed by atoms with Crippen LogP contribution in [-0.2, 0) is 6.18 Å². The first-order valence-electron chi connectivity index (χ1n) is 6.00. The number of aryl methyl sites for hydroxylation is 1. The summed E-state index contributed by atoms with van der Waals surface area (Å²) in [5, 5.41) is 4.13. The SMILES string of the molecule is Cc1ccnc(NC(=O)Nc2ccc(Cl)c(C(F)(F)F)c2)n1. The Morgan fingerprint density at radius 2 is 1.95 bits per heavy atom. The second-order valence-electron chi connectivity index (χ2n) is 4.29. The number of carbonyl (C=O) groups excluding carboxylic acids is 1. The van der Waals surface area contributed by atoms with Crippen molar-refractivity contribution in [3.63, 3.8) is 0 Å². The molecule has 1 aromatic carbocycles. The highest BCUT2D eigenvalue weighted by molar-refractivity contribution is 6.31. The Labute approximate surface area is 128 Å². The Bertz CT molecular complexity index is 706. The van der Waals surface area contributed by atoms with Crippen LogP contribution in [-0.4, -0.2) is 16.0 Å². The normalized spacial score (nSPS) is 11.1. The number of rotatable bonds is 2.